The van der Waals surface area contributed by atoms with Gasteiger partial charge in [-0.05, 0) is 37.1 Å². The Kier molecular flexibility index (Phi) is 5.18. The number of likely N-dealkylation sites (tertiary alicyclic amines) is 2. The Morgan fingerprint density at radius 2 is 2.00 bits per heavy atom. The highest BCUT2D eigenvalue weighted by Gasteiger charge is 2.38. The molecule has 0 aliphatic carbocycles. The molecule has 7 heteroatoms. The molecule has 0 aromatic carbocycles. The standard InChI is InChI=1S/C17H22N2O4S/c20-15(10-13-5-3-9-24-13)19-8-2-6-14(19)16(21)18-7-1-4-12(11-18)17(22)23/h3,5,9,12,14H,1-2,4,6-8,10-11H2,(H,22,23). The lowest BCUT2D eigenvalue weighted by molar-refractivity contribution is -0.149. The van der Waals surface area contributed by atoms with E-state index in [4.69, 9.17) is 0 Å². The van der Waals surface area contributed by atoms with Crippen molar-refractivity contribution in [1.82, 2.24) is 9.80 Å². The number of carboxylic acids is 1. The normalized spacial score (nSPS) is 24.2. The molecule has 1 aromatic rings. The third-order valence-electron chi connectivity index (χ3n) is 4.85. The average molecular weight is 350 g/mol. The van der Waals surface area contributed by atoms with Crippen molar-refractivity contribution in [2.45, 2.75) is 38.1 Å². The summed E-state index contributed by atoms with van der Waals surface area (Å²) in [6.45, 7) is 1.46. The maximum atomic E-state index is 12.8. The van der Waals surface area contributed by atoms with Gasteiger partial charge >= 0.3 is 5.97 Å². The van der Waals surface area contributed by atoms with Crippen molar-refractivity contribution in [1.29, 1.82) is 0 Å². The Balaban J connectivity index is 1.64. The number of amides is 2. The summed E-state index contributed by atoms with van der Waals surface area (Å²) in [5.41, 5.74) is 0. The van der Waals surface area contributed by atoms with E-state index in [2.05, 4.69) is 0 Å². The summed E-state index contributed by atoms with van der Waals surface area (Å²) >= 11 is 1.54. The summed E-state index contributed by atoms with van der Waals surface area (Å²) in [7, 11) is 0. The summed E-state index contributed by atoms with van der Waals surface area (Å²) in [4.78, 5) is 40.9. The van der Waals surface area contributed by atoms with Gasteiger partial charge in [0, 0.05) is 24.5 Å². The first kappa shape index (κ1) is 17.0. The molecule has 1 aromatic heterocycles. The third kappa shape index (κ3) is 3.61. The second-order valence-corrected chi connectivity index (χ2v) is 7.50. The number of carbonyl (C=O) groups is 3. The molecular formula is C17H22N2O4S. The zero-order valence-corrected chi connectivity index (χ0v) is 14.3. The number of nitrogens with zero attached hydrogens (tertiary/aromatic N) is 2. The monoisotopic (exact) mass is 350 g/mol. The Bertz CT molecular complexity index is 616. The van der Waals surface area contributed by atoms with Crippen molar-refractivity contribution in [2.24, 2.45) is 5.92 Å². The van der Waals surface area contributed by atoms with Crippen LogP contribution < -0.4 is 0 Å². The van der Waals surface area contributed by atoms with Gasteiger partial charge in [0.05, 0.1) is 12.3 Å². The molecule has 3 heterocycles. The van der Waals surface area contributed by atoms with Crippen LogP contribution in [-0.2, 0) is 20.8 Å². The van der Waals surface area contributed by atoms with E-state index in [-0.39, 0.29) is 18.4 Å². The highest BCUT2D eigenvalue weighted by atomic mass is 32.1. The van der Waals surface area contributed by atoms with E-state index in [1.165, 1.54) is 0 Å². The van der Waals surface area contributed by atoms with Crippen LogP contribution in [0, 0.1) is 5.92 Å². The molecule has 3 rings (SSSR count). The predicted molar refractivity (Wildman–Crippen MR) is 89.7 cm³/mol. The second-order valence-electron chi connectivity index (χ2n) is 6.46. The van der Waals surface area contributed by atoms with Gasteiger partial charge in [-0.2, -0.15) is 0 Å². The zero-order chi connectivity index (χ0) is 17.1. The number of hydrogen-bond acceptors (Lipinski definition) is 4. The molecule has 130 valence electrons. The molecule has 0 saturated carbocycles. The second kappa shape index (κ2) is 7.34. The summed E-state index contributed by atoms with van der Waals surface area (Å²) in [6, 6.07) is 3.42. The van der Waals surface area contributed by atoms with Crippen LogP contribution in [0.4, 0.5) is 0 Å². The fourth-order valence-corrected chi connectivity index (χ4v) is 4.27. The Hall–Kier alpha value is -1.89. The zero-order valence-electron chi connectivity index (χ0n) is 13.5. The van der Waals surface area contributed by atoms with Crippen LogP contribution >= 0.6 is 11.3 Å². The van der Waals surface area contributed by atoms with E-state index >= 15 is 0 Å². The largest absolute Gasteiger partial charge is 0.481 e. The molecule has 0 bridgehead atoms. The molecule has 1 N–H and O–H groups in total. The van der Waals surface area contributed by atoms with Gasteiger partial charge in [-0.15, -0.1) is 11.3 Å². The summed E-state index contributed by atoms with van der Waals surface area (Å²) in [5, 5.41) is 11.1. The average Bonchev–Trinajstić information content (AvgIpc) is 3.25. The fraction of sp³-hybridized carbons (Fsp3) is 0.588. The minimum atomic E-state index is -0.843. The van der Waals surface area contributed by atoms with Gasteiger partial charge in [0.1, 0.15) is 6.04 Å². The van der Waals surface area contributed by atoms with Gasteiger partial charge in [-0.1, -0.05) is 6.07 Å². The molecule has 24 heavy (non-hydrogen) atoms. The van der Waals surface area contributed by atoms with Gasteiger partial charge in [0.25, 0.3) is 0 Å². The van der Waals surface area contributed by atoms with E-state index in [9.17, 15) is 19.5 Å². The molecule has 2 atom stereocenters. The quantitative estimate of drug-likeness (QED) is 0.895. The third-order valence-corrected chi connectivity index (χ3v) is 5.72. The number of carboxylic acid groups (broad SMARTS) is 1. The molecule has 0 radical (unpaired) electrons. The van der Waals surface area contributed by atoms with E-state index in [0.717, 1.165) is 11.3 Å². The van der Waals surface area contributed by atoms with Crippen molar-refractivity contribution in [3.63, 3.8) is 0 Å². The molecule has 0 spiro atoms. The van der Waals surface area contributed by atoms with Crippen molar-refractivity contribution < 1.29 is 19.5 Å². The fourth-order valence-electron chi connectivity index (χ4n) is 3.58. The Labute approximate surface area is 145 Å². The predicted octanol–water partition coefficient (Wildman–Crippen LogP) is 1.60. The number of carbonyl (C=O) groups excluding carboxylic acids is 2. The molecular weight excluding hydrogens is 328 g/mol. The van der Waals surface area contributed by atoms with E-state index in [1.807, 2.05) is 17.5 Å². The highest BCUT2D eigenvalue weighted by Crippen LogP contribution is 2.24. The lowest BCUT2D eigenvalue weighted by Gasteiger charge is -2.34. The SMILES string of the molecule is O=C(O)C1CCCN(C(=O)C2CCCN2C(=O)Cc2cccs2)C1. The molecule has 2 unspecified atom stereocenters. The number of hydrogen-bond donors (Lipinski definition) is 1. The first-order valence-corrected chi connectivity index (χ1v) is 9.27. The molecule has 6 nitrogen and oxygen atoms in total. The van der Waals surface area contributed by atoms with Crippen molar-refractivity contribution in [3.8, 4) is 0 Å². The molecule has 2 aliphatic heterocycles. The van der Waals surface area contributed by atoms with Gasteiger partial charge in [-0.25, -0.2) is 0 Å². The molecule has 2 amide bonds. The minimum absolute atomic E-state index is 0.0138. The lowest BCUT2D eigenvalue weighted by Crippen LogP contribution is -2.51. The Morgan fingerprint density at radius 3 is 2.71 bits per heavy atom. The molecule has 2 aliphatic rings. The summed E-state index contributed by atoms with van der Waals surface area (Å²) < 4.78 is 0. The van der Waals surface area contributed by atoms with E-state index in [0.29, 0.717) is 38.8 Å². The lowest BCUT2D eigenvalue weighted by atomic mass is 9.97. The molecule has 2 saturated heterocycles. The van der Waals surface area contributed by atoms with Crippen LogP contribution in [0.2, 0.25) is 0 Å². The Morgan fingerprint density at radius 1 is 1.21 bits per heavy atom. The maximum absolute atomic E-state index is 12.8. The minimum Gasteiger partial charge on any atom is -0.481 e. The highest BCUT2D eigenvalue weighted by molar-refractivity contribution is 7.10. The van der Waals surface area contributed by atoms with Crippen LogP contribution in [0.3, 0.4) is 0 Å². The van der Waals surface area contributed by atoms with Crippen LogP contribution in [0.25, 0.3) is 0 Å². The van der Waals surface area contributed by atoms with Crippen molar-refractivity contribution in [2.75, 3.05) is 19.6 Å². The van der Waals surface area contributed by atoms with Gasteiger partial charge in [0.15, 0.2) is 0 Å². The maximum Gasteiger partial charge on any atom is 0.308 e. The number of thiophene rings is 1. The molecule has 2 fully saturated rings. The van der Waals surface area contributed by atoms with E-state index < -0.39 is 17.9 Å². The first-order valence-electron chi connectivity index (χ1n) is 8.39. The first-order chi connectivity index (χ1) is 11.6. The smallest absolute Gasteiger partial charge is 0.308 e. The van der Waals surface area contributed by atoms with Crippen LogP contribution in [0.5, 0.6) is 0 Å². The van der Waals surface area contributed by atoms with Crippen LogP contribution in [0.15, 0.2) is 17.5 Å². The number of piperidine rings is 1. The number of aliphatic carboxylic acids is 1. The van der Waals surface area contributed by atoms with E-state index in [1.54, 1.807) is 21.1 Å². The van der Waals surface area contributed by atoms with Crippen LogP contribution in [-0.4, -0.2) is 58.4 Å². The number of rotatable bonds is 4. The van der Waals surface area contributed by atoms with Crippen LogP contribution in [0.1, 0.15) is 30.6 Å². The summed E-state index contributed by atoms with van der Waals surface area (Å²) in [5.74, 6) is -1.43. The van der Waals surface area contributed by atoms with Gasteiger partial charge < -0.3 is 14.9 Å². The summed E-state index contributed by atoms with van der Waals surface area (Å²) in [6.07, 6.45) is 3.15. The van der Waals surface area contributed by atoms with Crippen molar-refractivity contribution >= 4 is 29.1 Å². The van der Waals surface area contributed by atoms with Gasteiger partial charge in [-0.3, -0.25) is 14.4 Å². The van der Waals surface area contributed by atoms with Crippen molar-refractivity contribution in [3.05, 3.63) is 22.4 Å². The topological polar surface area (TPSA) is 77.9 Å². The van der Waals surface area contributed by atoms with Gasteiger partial charge in [0.2, 0.25) is 11.8 Å².